The second-order valence-electron chi connectivity index (χ2n) is 6.46. The maximum Gasteiger partial charge on any atom is 0.410 e. The van der Waals surface area contributed by atoms with E-state index in [-0.39, 0.29) is 6.09 Å². The minimum absolute atomic E-state index is 0.159. The number of nitrogens with zero attached hydrogens (tertiary/aromatic N) is 2. The van der Waals surface area contributed by atoms with Crippen molar-refractivity contribution in [3.8, 4) is 0 Å². The van der Waals surface area contributed by atoms with Gasteiger partial charge in [0.25, 0.3) is 0 Å². The highest BCUT2D eigenvalue weighted by Crippen LogP contribution is 2.34. The van der Waals surface area contributed by atoms with Crippen LogP contribution in [0.15, 0.2) is 0 Å². The summed E-state index contributed by atoms with van der Waals surface area (Å²) < 4.78 is 5.42. The van der Waals surface area contributed by atoms with Crippen LogP contribution in [0.3, 0.4) is 0 Å². The quantitative estimate of drug-likeness (QED) is 0.649. The Morgan fingerprint density at radius 1 is 1.29 bits per heavy atom. The standard InChI is InChI=1S/C13H24N2O2/c1-9-6-10-7-15(8-11(10)14(9)5)12(16)17-13(2,3)4/h9-11H,6-8H2,1-5H3. The number of amides is 1. The Balaban J connectivity index is 1.94. The van der Waals surface area contributed by atoms with E-state index in [9.17, 15) is 4.79 Å². The SMILES string of the molecule is CC1CC2CN(C(=O)OC(C)(C)C)CC2N1C. The molecule has 2 saturated heterocycles. The molecule has 0 aliphatic carbocycles. The summed E-state index contributed by atoms with van der Waals surface area (Å²) >= 11 is 0. The smallest absolute Gasteiger partial charge is 0.410 e. The van der Waals surface area contributed by atoms with Crippen molar-refractivity contribution in [3.63, 3.8) is 0 Å². The first-order valence-corrected chi connectivity index (χ1v) is 6.48. The summed E-state index contributed by atoms with van der Waals surface area (Å²) in [7, 11) is 2.16. The lowest BCUT2D eigenvalue weighted by molar-refractivity contribution is 0.0270. The predicted molar refractivity (Wildman–Crippen MR) is 66.9 cm³/mol. The molecule has 0 radical (unpaired) electrons. The average molecular weight is 240 g/mol. The van der Waals surface area contributed by atoms with Gasteiger partial charge in [-0.2, -0.15) is 0 Å². The van der Waals surface area contributed by atoms with Gasteiger partial charge in [-0.3, -0.25) is 4.90 Å². The summed E-state index contributed by atoms with van der Waals surface area (Å²) in [5, 5.41) is 0. The first-order valence-electron chi connectivity index (χ1n) is 6.48. The molecule has 1 amide bonds. The van der Waals surface area contributed by atoms with Crippen molar-refractivity contribution in [2.24, 2.45) is 5.92 Å². The molecule has 0 saturated carbocycles. The number of likely N-dealkylation sites (N-methyl/N-ethyl adjacent to an activating group) is 1. The number of hydrogen-bond donors (Lipinski definition) is 0. The molecule has 2 aliphatic heterocycles. The average Bonchev–Trinajstić information content (AvgIpc) is 2.66. The highest BCUT2D eigenvalue weighted by atomic mass is 16.6. The Bertz CT molecular complexity index is 311. The molecule has 0 aromatic heterocycles. The van der Waals surface area contributed by atoms with E-state index in [0.29, 0.717) is 18.0 Å². The van der Waals surface area contributed by atoms with Crippen molar-refractivity contribution in [3.05, 3.63) is 0 Å². The number of carbonyl (C=O) groups is 1. The molecule has 0 aromatic carbocycles. The Kier molecular flexibility index (Phi) is 3.10. The number of likely N-dealkylation sites (tertiary alicyclic amines) is 2. The van der Waals surface area contributed by atoms with Gasteiger partial charge in [0.15, 0.2) is 0 Å². The zero-order valence-corrected chi connectivity index (χ0v) is 11.6. The van der Waals surface area contributed by atoms with E-state index >= 15 is 0 Å². The van der Waals surface area contributed by atoms with Gasteiger partial charge in [-0.25, -0.2) is 4.79 Å². The monoisotopic (exact) mass is 240 g/mol. The van der Waals surface area contributed by atoms with Crippen LogP contribution in [0.4, 0.5) is 4.79 Å². The number of fused-ring (bicyclic) bond motifs is 1. The topological polar surface area (TPSA) is 32.8 Å². The zero-order chi connectivity index (χ0) is 12.8. The molecule has 0 bridgehead atoms. The number of hydrogen-bond acceptors (Lipinski definition) is 3. The van der Waals surface area contributed by atoms with E-state index in [2.05, 4.69) is 18.9 Å². The van der Waals surface area contributed by atoms with E-state index in [1.165, 1.54) is 6.42 Å². The van der Waals surface area contributed by atoms with Crippen molar-refractivity contribution in [2.45, 2.75) is 51.8 Å². The summed E-state index contributed by atoms with van der Waals surface area (Å²) in [6.07, 6.45) is 1.04. The summed E-state index contributed by atoms with van der Waals surface area (Å²) in [5.41, 5.74) is -0.395. The van der Waals surface area contributed by atoms with Gasteiger partial charge in [-0.05, 0) is 47.1 Å². The van der Waals surface area contributed by atoms with Gasteiger partial charge in [0, 0.05) is 25.2 Å². The molecule has 0 aromatic rings. The van der Waals surface area contributed by atoms with Crippen LogP contribution in [0, 0.1) is 5.92 Å². The fraction of sp³-hybridized carbons (Fsp3) is 0.923. The number of ether oxygens (including phenoxy) is 1. The van der Waals surface area contributed by atoms with Gasteiger partial charge in [-0.15, -0.1) is 0 Å². The van der Waals surface area contributed by atoms with Gasteiger partial charge in [-0.1, -0.05) is 0 Å². The number of carbonyl (C=O) groups excluding carboxylic acids is 1. The third-order valence-corrected chi connectivity index (χ3v) is 3.92. The first kappa shape index (κ1) is 12.7. The van der Waals surface area contributed by atoms with Crippen LogP contribution in [-0.2, 0) is 4.74 Å². The Hall–Kier alpha value is -0.770. The van der Waals surface area contributed by atoms with Gasteiger partial charge in [0.1, 0.15) is 5.60 Å². The van der Waals surface area contributed by atoms with Crippen LogP contribution >= 0.6 is 0 Å². The Morgan fingerprint density at radius 3 is 2.47 bits per heavy atom. The van der Waals surface area contributed by atoms with Crippen LogP contribution in [-0.4, -0.2) is 53.7 Å². The van der Waals surface area contributed by atoms with E-state index < -0.39 is 5.60 Å². The molecule has 98 valence electrons. The maximum atomic E-state index is 12.0. The second-order valence-corrected chi connectivity index (χ2v) is 6.46. The maximum absolute atomic E-state index is 12.0. The third kappa shape index (κ3) is 2.57. The molecular formula is C13H24N2O2. The van der Waals surface area contributed by atoms with E-state index in [1.807, 2.05) is 25.7 Å². The lowest BCUT2D eigenvalue weighted by atomic mass is 10.0. The molecule has 4 heteroatoms. The van der Waals surface area contributed by atoms with Crippen LogP contribution in [0.5, 0.6) is 0 Å². The largest absolute Gasteiger partial charge is 0.444 e. The third-order valence-electron chi connectivity index (χ3n) is 3.92. The van der Waals surface area contributed by atoms with E-state index in [0.717, 1.165) is 13.1 Å². The molecule has 3 unspecified atom stereocenters. The number of rotatable bonds is 0. The molecule has 0 N–H and O–H groups in total. The normalized spacial score (nSPS) is 33.9. The van der Waals surface area contributed by atoms with Gasteiger partial charge < -0.3 is 9.64 Å². The lowest BCUT2D eigenvalue weighted by Gasteiger charge is -2.27. The molecule has 4 nitrogen and oxygen atoms in total. The molecule has 2 aliphatic rings. The fourth-order valence-electron chi connectivity index (χ4n) is 2.95. The Morgan fingerprint density at radius 2 is 1.94 bits per heavy atom. The molecule has 17 heavy (non-hydrogen) atoms. The predicted octanol–water partition coefficient (Wildman–Crippen LogP) is 1.95. The lowest BCUT2D eigenvalue weighted by Crippen LogP contribution is -2.40. The van der Waals surface area contributed by atoms with Gasteiger partial charge >= 0.3 is 6.09 Å². The minimum atomic E-state index is -0.395. The van der Waals surface area contributed by atoms with Crippen LogP contribution in [0.1, 0.15) is 34.1 Å². The summed E-state index contributed by atoms with van der Waals surface area (Å²) in [6.45, 7) is 9.67. The van der Waals surface area contributed by atoms with Crippen LogP contribution in [0.2, 0.25) is 0 Å². The Labute approximate surface area is 104 Å². The minimum Gasteiger partial charge on any atom is -0.444 e. The van der Waals surface area contributed by atoms with Crippen molar-refractivity contribution in [2.75, 3.05) is 20.1 Å². The molecule has 3 atom stereocenters. The van der Waals surface area contributed by atoms with Gasteiger partial charge in [0.05, 0.1) is 0 Å². The van der Waals surface area contributed by atoms with Crippen molar-refractivity contribution in [1.29, 1.82) is 0 Å². The molecule has 2 rings (SSSR count). The van der Waals surface area contributed by atoms with Crippen LogP contribution in [0.25, 0.3) is 0 Å². The van der Waals surface area contributed by atoms with Crippen molar-refractivity contribution in [1.82, 2.24) is 9.80 Å². The summed E-state index contributed by atoms with van der Waals surface area (Å²) in [4.78, 5) is 16.2. The van der Waals surface area contributed by atoms with Crippen molar-refractivity contribution < 1.29 is 9.53 Å². The fourth-order valence-corrected chi connectivity index (χ4v) is 2.95. The van der Waals surface area contributed by atoms with Crippen LogP contribution < -0.4 is 0 Å². The van der Waals surface area contributed by atoms with Crippen molar-refractivity contribution >= 4 is 6.09 Å². The summed E-state index contributed by atoms with van der Waals surface area (Å²) in [5.74, 6) is 0.627. The molecule has 2 heterocycles. The van der Waals surface area contributed by atoms with E-state index in [1.54, 1.807) is 0 Å². The first-order chi connectivity index (χ1) is 7.78. The van der Waals surface area contributed by atoms with Gasteiger partial charge in [0.2, 0.25) is 0 Å². The van der Waals surface area contributed by atoms with E-state index in [4.69, 9.17) is 4.74 Å². The molecule has 0 spiro atoms. The highest BCUT2D eigenvalue weighted by molar-refractivity contribution is 5.68. The molecular weight excluding hydrogens is 216 g/mol. The second kappa shape index (κ2) is 4.16. The summed E-state index contributed by atoms with van der Waals surface area (Å²) in [6, 6.07) is 1.17. The molecule has 2 fully saturated rings. The zero-order valence-electron chi connectivity index (χ0n) is 11.6. The highest BCUT2D eigenvalue weighted by Gasteiger charge is 2.45.